The van der Waals surface area contributed by atoms with E-state index in [-0.39, 0.29) is 11.8 Å². The lowest BCUT2D eigenvalue weighted by Crippen LogP contribution is -2.51. The third-order valence-electron chi connectivity index (χ3n) is 5.00. The Labute approximate surface area is 169 Å². The number of aromatic nitrogens is 1. The number of aryl methyl sites for hydroxylation is 2. The Morgan fingerprint density at radius 2 is 1.79 bits per heavy atom. The molecule has 0 unspecified atom stereocenters. The highest BCUT2D eigenvalue weighted by Crippen LogP contribution is 2.27. The Morgan fingerprint density at radius 1 is 1.11 bits per heavy atom. The lowest BCUT2D eigenvalue weighted by atomic mass is 10.2. The number of ether oxygens (including phenoxy) is 1. The molecule has 1 aliphatic heterocycles. The number of amides is 2. The summed E-state index contributed by atoms with van der Waals surface area (Å²) in [5.41, 5.74) is 3.00. The first-order valence-corrected chi connectivity index (χ1v) is 10.4. The van der Waals surface area contributed by atoms with Crippen molar-refractivity contribution in [1.82, 2.24) is 19.7 Å². The summed E-state index contributed by atoms with van der Waals surface area (Å²) in [6.07, 6.45) is 0. The van der Waals surface area contributed by atoms with Crippen LogP contribution < -0.4 is 5.32 Å². The molecule has 1 aliphatic rings. The van der Waals surface area contributed by atoms with E-state index in [0.717, 1.165) is 22.0 Å². The Bertz CT molecular complexity index is 802. The van der Waals surface area contributed by atoms with Crippen molar-refractivity contribution < 1.29 is 14.3 Å². The van der Waals surface area contributed by atoms with Crippen LogP contribution in [0, 0.1) is 13.8 Å². The average Bonchev–Trinajstić information content (AvgIpc) is 3.28. The van der Waals surface area contributed by atoms with Gasteiger partial charge in [-0.05, 0) is 37.4 Å². The summed E-state index contributed by atoms with van der Waals surface area (Å²) < 4.78 is 7.07. The van der Waals surface area contributed by atoms with Gasteiger partial charge in [0.1, 0.15) is 5.00 Å². The molecule has 7 nitrogen and oxygen atoms in total. The van der Waals surface area contributed by atoms with Crippen molar-refractivity contribution in [3.63, 3.8) is 0 Å². The van der Waals surface area contributed by atoms with Gasteiger partial charge >= 0.3 is 0 Å². The second-order valence-electron chi connectivity index (χ2n) is 7.00. The molecule has 0 spiro atoms. The number of nitrogens with one attached hydrogen (secondary N) is 1. The molecule has 2 amide bonds. The molecule has 152 valence electrons. The van der Waals surface area contributed by atoms with Gasteiger partial charge in [0.2, 0.25) is 5.91 Å². The van der Waals surface area contributed by atoms with Gasteiger partial charge in [-0.3, -0.25) is 14.5 Å². The van der Waals surface area contributed by atoms with Gasteiger partial charge in [0.25, 0.3) is 5.91 Å². The van der Waals surface area contributed by atoms with Crippen LogP contribution in [0.4, 0.5) is 0 Å². The first-order valence-electron chi connectivity index (χ1n) is 9.51. The molecule has 0 atom stereocenters. The number of piperazine rings is 1. The van der Waals surface area contributed by atoms with Crippen LogP contribution >= 0.6 is 11.3 Å². The Morgan fingerprint density at radius 3 is 2.43 bits per heavy atom. The van der Waals surface area contributed by atoms with Crippen LogP contribution in [0.2, 0.25) is 0 Å². The van der Waals surface area contributed by atoms with Gasteiger partial charge in [-0.1, -0.05) is 0 Å². The fourth-order valence-electron chi connectivity index (χ4n) is 3.46. The molecule has 0 saturated carbocycles. The standard InChI is InChI=1S/C20H28N4O3S/c1-15-4-5-16(2)24(15)20-17(6-13-28-20)19(26)23-10-8-22(9-11-23)14-18(25)21-7-12-27-3/h4-6,13H,7-12,14H2,1-3H3,(H,21,25). The molecule has 8 heteroatoms. The van der Waals surface area contributed by atoms with Gasteiger partial charge in [0, 0.05) is 51.2 Å². The Hall–Kier alpha value is -2.16. The fraction of sp³-hybridized carbons (Fsp3) is 0.500. The molecular formula is C20H28N4O3S. The summed E-state index contributed by atoms with van der Waals surface area (Å²) in [6, 6.07) is 6.05. The number of thiophene rings is 1. The van der Waals surface area contributed by atoms with Crippen molar-refractivity contribution in [3.05, 3.63) is 40.5 Å². The molecule has 0 bridgehead atoms. The molecule has 0 aromatic carbocycles. The van der Waals surface area contributed by atoms with Crippen LogP contribution in [0.25, 0.3) is 5.00 Å². The molecule has 0 radical (unpaired) electrons. The molecule has 1 saturated heterocycles. The van der Waals surface area contributed by atoms with Crippen LogP contribution in [-0.4, -0.2) is 79.2 Å². The third-order valence-corrected chi connectivity index (χ3v) is 5.90. The predicted octanol–water partition coefficient (Wildman–Crippen LogP) is 1.68. The van der Waals surface area contributed by atoms with E-state index in [4.69, 9.17) is 4.74 Å². The largest absolute Gasteiger partial charge is 0.383 e. The first-order chi connectivity index (χ1) is 13.5. The number of hydrogen-bond donors (Lipinski definition) is 1. The molecule has 2 aromatic heterocycles. The zero-order chi connectivity index (χ0) is 20.1. The topological polar surface area (TPSA) is 66.8 Å². The maximum atomic E-state index is 13.1. The number of carbonyl (C=O) groups is 2. The molecular weight excluding hydrogens is 376 g/mol. The minimum absolute atomic E-state index is 0.00416. The smallest absolute Gasteiger partial charge is 0.256 e. The van der Waals surface area contributed by atoms with E-state index >= 15 is 0 Å². The summed E-state index contributed by atoms with van der Waals surface area (Å²) >= 11 is 1.59. The number of nitrogens with zero attached hydrogens (tertiary/aromatic N) is 3. The molecule has 28 heavy (non-hydrogen) atoms. The van der Waals surface area contributed by atoms with Crippen molar-refractivity contribution in [2.24, 2.45) is 0 Å². The maximum Gasteiger partial charge on any atom is 0.256 e. The van der Waals surface area contributed by atoms with Gasteiger partial charge in [-0.25, -0.2) is 0 Å². The van der Waals surface area contributed by atoms with Crippen LogP contribution in [-0.2, 0) is 9.53 Å². The van der Waals surface area contributed by atoms with Crippen LogP contribution in [0.3, 0.4) is 0 Å². The molecule has 1 N–H and O–H groups in total. The highest BCUT2D eigenvalue weighted by atomic mass is 32.1. The minimum atomic E-state index is -0.00416. The molecule has 3 heterocycles. The van der Waals surface area contributed by atoms with E-state index in [2.05, 4.69) is 40.8 Å². The van der Waals surface area contributed by atoms with Gasteiger partial charge in [0.05, 0.1) is 18.7 Å². The van der Waals surface area contributed by atoms with Gasteiger partial charge in [0.15, 0.2) is 0 Å². The van der Waals surface area contributed by atoms with Crippen molar-refractivity contribution in [3.8, 4) is 5.00 Å². The van der Waals surface area contributed by atoms with E-state index in [1.165, 1.54) is 0 Å². The predicted molar refractivity (Wildman–Crippen MR) is 110 cm³/mol. The lowest BCUT2D eigenvalue weighted by Gasteiger charge is -2.34. The first kappa shape index (κ1) is 20.6. The second kappa shape index (κ2) is 9.36. The Kier molecular flexibility index (Phi) is 6.88. The van der Waals surface area contributed by atoms with Crippen LogP contribution in [0.5, 0.6) is 0 Å². The monoisotopic (exact) mass is 404 g/mol. The third kappa shape index (κ3) is 4.63. The molecule has 3 rings (SSSR count). The van der Waals surface area contributed by atoms with Crippen molar-refractivity contribution in [2.75, 3.05) is 53.0 Å². The van der Waals surface area contributed by atoms with Crippen LogP contribution in [0.1, 0.15) is 21.7 Å². The lowest BCUT2D eigenvalue weighted by molar-refractivity contribution is -0.122. The minimum Gasteiger partial charge on any atom is -0.383 e. The van der Waals surface area contributed by atoms with E-state index in [0.29, 0.717) is 45.9 Å². The van der Waals surface area contributed by atoms with Crippen molar-refractivity contribution in [2.45, 2.75) is 13.8 Å². The summed E-state index contributed by atoms with van der Waals surface area (Å²) in [5, 5.41) is 5.78. The number of methoxy groups -OCH3 is 1. The normalized spacial score (nSPS) is 15.0. The molecule has 2 aromatic rings. The second-order valence-corrected chi connectivity index (χ2v) is 7.90. The molecule has 1 fully saturated rings. The highest BCUT2D eigenvalue weighted by molar-refractivity contribution is 7.13. The number of hydrogen-bond acceptors (Lipinski definition) is 5. The van der Waals surface area contributed by atoms with Gasteiger partial charge < -0.3 is 19.5 Å². The summed E-state index contributed by atoms with van der Waals surface area (Å²) in [7, 11) is 1.61. The highest BCUT2D eigenvalue weighted by Gasteiger charge is 2.26. The Balaban J connectivity index is 1.58. The zero-order valence-corrected chi connectivity index (χ0v) is 17.6. The maximum absolute atomic E-state index is 13.1. The summed E-state index contributed by atoms with van der Waals surface area (Å²) in [4.78, 5) is 29.0. The zero-order valence-electron chi connectivity index (χ0n) is 16.7. The summed E-state index contributed by atoms with van der Waals surface area (Å²) in [6.45, 7) is 8.15. The average molecular weight is 405 g/mol. The summed E-state index contributed by atoms with van der Waals surface area (Å²) in [5.74, 6) is 0.0588. The van der Waals surface area contributed by atoms with Crippen molar-refractivity contribution in [1.29, 1.82) is 0 Å². The number of rotatable bonds is 7. The molecule has 0 aliphatic carbocycles. The van der Waals surface area contributed by atoms with Crippen molar-refractivity contribution >= 4 is 23.2 Å². The van der Waals surface area contributed by atoms with E-state index in [9.17, 15) is 9.59 Å². The number of carbonyl (C=O) groups excluding carboxylic acids is 2. The fourth-order valence-corrected chi connectivity index (χ4v) is 4.47. The van der Waals surface area contributed by atoms with E-state index < -0.39 is 0 Å². The van der Waals surface area contributed by atoms with Crippen LogP contribution in [0.15, 0.2) is 23.6 Å². The SMILES string of the molecule is COCCNC(=O)CN1CCN(C(=O)c2ccsc2-n2c(C)ccc2C)CC1. The quantitative estimate of drug-likeness (QED) is 0.713. The van der Waals surface area contributed by atoms with Gasteiger partial charge in [-0.15, -0.1) is 11.3 Å². The van der Waals surface area contributed by atoms with E-state index in [1.807, 2.05) is 16.3 Å². The van der Waals surface area contributed by atoms with E-state index in [1.54, 1.807) is 18.4 Å². The van der Waals surface area contributed by atoms with Gasteiger partial charge in [-0.2, -0.15) is 0 Å².